The lowest BCUT2D eigenvalue weighted by Gasteiger charge is -2.13. The van der Waals surface area contributed by atoms with Crippen molar-refractivity contribution in [2.45, 2.75) is 13.5 Å². The second-order valence-electron chi connectivity index (χ2n) is 5.28. The summed E-state index contributed by atoms with van der Waals surface area (Å²) in [4.78, 5) is 12.3. The Labute approximate surface area is 147 Å². The van der Waals surface area contributed by atoms with Crippen molar-refractivity contribution >= 4 is 5.97 Å². The van der Waals surface area contributed by atoms with Gasteiger partial charge in [0.2, 0.25) is 0 Å². The summed E-state index contributed by atoms with van der Waals surface area (Å²) >= 11 is 0. The average Bonchev–Trinajstić information content (AvgIpc) is 2.65. The first kappa shape index (κ1) is 18.4. The average molecular weight is 346 g/mol. The summed E-state index contributed by atoms with van der Waals surface area (Å²) in [6, 6.07) is 8.53. The molecular formula is C19H22O6. The van der Waals surface area contributed by atoms with Gasteiger partial charge in [-0.05, 0) is 48.4 Å². The molecule has 0 aliphatic heterocycles. The highest BCUT2D eigenvalue weighted by Gasteiger charge is 2.14. The zero-order valence-electron chi connectivity index (χ0n) is 15.0. The fraction of sp³-hybridized carbons (Fsp3) is 0.316. The van der Waals surface area contributed by atoms with Crippen LogP contribution in [0.25, 0.3) is 0 Å². The van der Waals surface area contributed by atoms with Crippen LogP contribution >= 0.6 is 0 Å². The fourth-order valence-corrected chi connectivity index (χ4v) is 2.37. The van der Waals surface area contributed by atoms with Crippen LogP contribution in [-0.2, 0) is 11.3 Å². The Morgan fingerprint density at radius 2 is 1.36 bits per heavy atom. The molecule has 0 aliphatic rings. The van der Waals surface area contributed by atoms with Crippen LogP contribution in [0.1, 0.15) is 21.5 Å². The van der Waals surface area contributed by atoms with Gasteiger partial charge in [-0.15, -0.1) is 0 Å². The van der Waals surface area contributed by atoms with E-state index in [9.17, 15) is 4.79 Å². The second kappa shape index (κ2) is 8.28. The lowest BCUT2D eigenvalue weighted by molar-refractivity contribution is 0.0471. The lowest BCUT2D eigenvalue weighted by atomic mass is 10.1. The molecule has 2 aromatic rings. The van der Waals surface area contributed by atoms with Gasteiger partial charge >= 0.3 is 5.97 Å². The molecule has 0 N–H and O–H groups in total. The molecule has 0 spiro atoms. The van der Waals surface area contributed by atoms with Gasteiger partial charge in [0.25, 0.3) is 0 Å². The van der Waals surface area contributed by atoms with E-state index in [0.717, 1.165) is 11.1 Å². The first-order valence-electron chi connectivity index (χ1n) is 7.64. The Kier molecular flexibility index (Phi) is 6.11. The van der Waals surface area contributed by atoms with E-state index in [1.807, 2.05) is 13.0 Å². The van der Waals surface area contributed by atoms with Crippen LogP contribution in [0.3, 0.4) is 0 Å². The topological polar surface area (TPSA) is 63.2 Å². The van der Waals surface area contributed by atoms with E-state index < -0.39 is 5.97 Å². The second-order valence-corrected chi connectivity index (χ2v) is 5.28. The summed E-state index contributed by atoms with van der Waals surface area (Å²) in [7, 11) is 6.19. The standard InChI is InChI=1S/C19H22O6/c1-12-8-16(22-3)18(24-5)10-14(12)11-25-19(20)13-6-7-15(21-2)17(9-13)23-4/h6-10H,11H2,1-5H3. The van der Waals surface area contributed by atoms with E-state index in [1.54, 1.807) is 38.5 Å². The Balaban J connectivity index is 2.15. The van der Waals surface area contributed by atoms with Gasteiger partial charge < -0.3 is 23.7 Å². The molecule has 0 bridgehead atoms. The first-order valence-corrected chi connectivity index (χ1v) is 7.64. The van der Waals surface area contributed by atoms with Crippen molar-refractivity contribution in [3.05, 3.63) is 47.0 Å². The Bertz CT molecular complexity index is 754. The van der Waals surface area contributed by atoms with Crippen LogP contribution in [-0.4, -0.2) is 34.4 Å². The molecule has 25 heavy (non-hydrogen) atoms. The molecule has 0 aromatic heterocycles. The van der Waals surface area contributed by atoms with Crippen molar-refractivity contribution < 1.29 is 28.5 Å². The van der Waals surface area contributed by atoms with Crippen LogP contribution in [0.2, 0.25) is 0 Å². The molecule has 0 heterocycles. The monoisotopic (exact) mass is 346 g/mol. The molecule has 6 nitrogen and oxygen atoms in total. The molecule has 0 saturated heterocycles. The van der Waals surface area contributed by atoms with Gasteiger partial charge in [0, 0.05) is 0 Å². The Hall–Kier alpha value is -2.89. The summed E-state index contributed by atoms with van der Waals surface area (Å²) in [5, 5.41) is 0. The minimum absolute atomic E-state index is 0.124. The molecule has 0 amide bonds. The van der Waals surface area contributed by atoms with Gasteiger partial charge in [0.1, 0.15) is 6.61 Å². The summed E-state index contributed by atoms with van der Waals surface area (Å²) in [5.74, 6) is 1.80. The van der Waals surface area contributed by atoms with Crippen LogP contribution in [0.15, 0.2) is 30.3 Å². The number of esters is 1. The van der Waals surface area contributed by atoms with Crippen molar-refractivity contribution in [3.8, 4) is 23.0 Å². The molecule has 2 rings (SSSR count). The summed E-state index contributed by atoms with van der Waals surface area (Å²) in [6.45, 7) is 2.04. The van der Waals surface area contributed by atoms with Gasteiger partial charge in [-0.25, -0.2) is 4.79 Å². The zero-order chi connectivity index (χ0) is 18.4. The number of aryl methyl sites for hydroxylation is 1. The van der Waals surface area contributed by atoms with Crippen LogP contribution in [0.5, 0.6) is 23.0 Å². The summed E-state index contributed by atoms with van der Waals surface area (Å²) in [5.41, 5.74) is 2.17. The molecule has 0 aliphatic carbocycles. The maximum Gasteiger partial charge on any atom is 0.338 e. The highest BCUT2D eigenvalue weighted by Crippen LogP contribution is 2.31. The smallest absolute Gasteiger partial charge is 0.338 e. The van der Waals surface area contributed by atoms with E-state index >= 15 is 0 Å². The largest absolute Gasteiger partial charge is 0.493 e. The zero-order valence-corrected chi connectivity index (χ0v) is 15.0. The summed E-state index contributed by atoms with van der Waals surface area (Å²) in [6.07, 6.45) is 0. The fourth-order valence-electron chi connectivity index (χ4n) is 2.37. The number of methoxy groups -OCH3 is 4. The highest BCUT2D eigenvalue weighted by atomic mass is 16.5. The van der Waals surface area contributed by atoms with E-state index in [2.05, 4.69) is 0 Å². The number of hydrogen-bond acceptors (Lipinski definition) is 6. The van der Waals surface area contributed by atoms with E-state index in [1.165, 1.54) is 14.2 Å². The SMILES string of the molecule is COc1ccc(C(=O)OCc2cc(OC)c(OC)cc2C)cc1OC. The number of rotatable bonds is 7. The molecule has 134 valence electrons. The van der Waals surface area contributed by atoms with E-state index in [4.69, 9.17) is 23.7 Å². The van der Waals surface area contributed by atoms with Crippen LogP contribution in [0.4, 0.5) is 0 Å². The van der Waals surface area contributed by atoms with Gasteiger partial charge in [-0.1, -0.05) is 0 Å². The predicted molar refractivity (Wildman–Crippen MR) is 92.9 cm³/mol. The van der Waals surface area contributed by atoms with Gasteiger partial charge in [-0.2, -0.15) is 0 Å². The third-order valence-corrected chi connectivity index (χ3v) is 3.82. The highest BCUT2D eigenvalue weighted by molar-refractivity contribution is 5.90. The number of carbonyl (C=O) groups is 1. The molecule has 2 aromatic carbocycles. The van der Waals surface area contributed by atoms with E-state index in [0.29, 0.717) is 28.6 Å². The van der Waals surface area contributed by atoms with Crippen LogP contribution < -0.4 is 18.9 Å². The maximum absolute atomic E-state index is 12.3. The molecular weight excluding hydrogens is 324 g/mol. The quantitative estimate of drug-likeness (QED) is 0.716. The predicted octanol–water partition coefficient (Wildman–Crippen LogP) is 3.39. The number of carbonyl (C=O) groups excluding carboxylic acids is 1. The normalized spacial score (nSPS) is 10.1. The van der Waals surface area contributed by atoms with Gasteiger partial charge in [0.15, 0.2) is 23.0 Å². The van der Waals surface area contributed by atoms with E-state index in [-0.39, 0.29) is 6.61 Å². The number of ether oxygens (including phenoxy) is 5. The maximum atomic E-state index is 12.3. The van der Waals surface area contributed by atoms with Crippen molar-refractivity contribution in [1.82, 2.24) is 0 Å². The number of hydrogen-bond donors (Lipinski definition) is 0. The summed E-state index contributed by atoms with van der Waals surface area (Å²) < 4.78 is 26.3. The first-order chi connectivity index (χ1) is 12.0. The third kappa shape index (κ3) is 4.15. The lowest BCUT2D eigenvalue weighted by Crippen LogP contribution is -2.07. The van der Waals surface area contributed by atoms with Crippen LogP contribution in [0, 0.1) is 6.92 Å². The van der Waals surface area contributed by atoms with Crippen molar-refractivity contribution in [1.29, 1.82) is 0 Å². The van der Waals surface area contributed by atoms with Crippen molar-refractivity contribution in [2.75, 3.05) is 28.4 Å². The molecule has 0 unspecified atom stereocenters. The van der Waals surface area contributed by atoms with Gasteiger partial charge in [0.05, 0.1) is 34.0 Å². The Morgan fingerprint density at radius 3 is 1.96 bits per heavy atom. The van der Waals surface area contributed by atoms with Gasteiger partial charge in [-0.3, -0.25) is 0 Å². The molecule has 0 atom stereocenters. The van der Waals surface area contributed by atoms with Crippen molar-refractivity contribution in [3.63, 3.8) is 0 Å². The Morgan fingerprint density at radius 1 is 0.800 bits per heavy atom. The number of benzene rings is 2. The molecule has 6 heteroatoms. The molecule has 0 fully saturated rings. The minimum Gasteiger partial charge on any atom is -0.493 e. The van der Waals surface area contributed by atoms with Crippen molar-refractivity contribution in [2.24, 2.45) is 0 Å². The molecule has 0 radical (unpaired) electrons. The molecule has 0 saturated carbocycles. The third-order valence-electron chi connectivity index (χ3n) is 3.82. The minimum atomic E-state index is -0.449.